The molecule has 1 fully saturated rings. The zero-order valence-electron chi connectivity index (χ0n) is 10.6. The number of rotatable bonds is 4. The Kier molecular flexibility index (Phi) is 3.99. The molecule has 6 nitrogen and oxygen atoms in total. The summed E-state index contributed by atoms with van der Waals surface area (Å²) < 4.78 is 0. The van der Waals surface area contributed by atoms with Crippen molar-refractivity contribution < 1.29 is 14.7 Å². The first-order chi connectivity index (χ1) is 9.06. The zero-order chi connectivity index (χ0) is 13.8. The van der Waals surface area contributed by atoms with Gasteiger partial charge in [-0.1, -0.05) is 0 Å². The van der Waals surface area contributed by atoms with Gasteiger partial charge in [0.2, 0.25) is 0 Å². The number of nitrogens with zero attached hydrogens (tertiary/aromatic N) is 2. The minimum Gasteiger partial charge on any atom is -0.481 e. The number of aromatic nitrogens is 1. The number of amides is 1. The highest BCUT2D eigenvalue weighted by molar-refractivity contribution is 5.92. The van der Waals surface area contributed by atoms with Gasteiger partial charge in [0, 0.05) is 19.5 Å². The van der Waals surface area contributed by atoms with E-state index >= 15 is 0 Å². The van der Waals surface area contributed by atoms with Crippen LogP contribution in [0.1, 0.15) is 29.8 Å². The van der Waals surface area contributed by atoms with Gasteiger partial charge in [-0.2, -0.15) is 0 Å². The van der Waals surface area contributed by atoms with Gasteiger partial charge in [-0.05, 0) is 30.9 Å². The summed E-state index contributed by atoms with van der Waals surface area (Å²) in [7, 11) is 0. The smallest absolute Gasteiger partial charge is 0.303 e. The van der Waals surface area contributed by atoms with Crippen LogP contribution in [0.4, 0.5) is 5.69 Å². The maximum Gasteiger partial charge on any atom is 0.303 e. The zero-order valence-corrected chi connectivity index (χ0v) is 10.6. The third-order valence-electron chi connectivity index (χ3n) is 3.34. The highest BCUT2D eigenvalue weighted by Crippen LogP contribution is 2.22. The maximum absolute atomic E-state index is 12.1. The van der Waals surface area contributed by atoms with E-state index in [0.717, 1.165) is 6.42 Å². The van der Waals surface area contributed by atoms with Crippen molar-refractivity contribution in [2.75, 3.05) is 18.8 Å². The molecular weight excluding hydrogens is 246 g/mol. The van der Waals surface area contributed by atoms with Gasteiger partial charge >= 0.3 is 5.97 Å². The molecule has 2 rings (SSSR count). The van der Waals surface area contributed by atoms with Gasteiger partial charge < -0.3 is 15.7 Å². The van der Waals surface area contributed by atoms with Crippen LogP contribution in [0.3, 0.4) is 0 Å². The standard InChI is InChI=1S/C13H17N3O3/c14-10-2-3-11(15-7-10)13(19)16-6-5-9(8-16)1-4-12(17)18/h2-3,7,9H,1,4-6,8,14H2,(H,17,18). The molecule has 1 aromatic rings. The number of nitrogens with two attached hydrogens (primary N) is 1. The number of carboxylic acids is 1. The molecule has 0 saturated carbocycles. The quantitative estimate of drug-likeness (QED) is 0.844. The highest BCUT2D eigenvalue weighted by atomic mass is 16.4. The number of anilines is 1. The molecule has 2 heterocycles. The topological polar surface area (TPSA) is 96.5 Å². The Morgan fingerprint density at radius 2 is 2.26 bits per heavy atom. The summed E-state index contributed by atoms with van der Waals surface area (Å²) in [5, 5.41) is 8.65. The Labute approximate surface area is 111 Å². The summed E-state index contributed by atoms with van der Waals surface area (Å²) >= 11 is 0. The first-order valence-electron chi connectivity index (χ1n) is 6.29. The predicted molar refractivity (Wildman–Crippen MR) is 69.5 cm³/mol. The van der Waals surface area contributed by atoms with Crippen LogP contribution in [0.5, 0.6) is 0 Å². The van der Waals surface area contributed by atoms with Gasteiger partial charge in [-0.3, -0.25) is 9.59 Å². The number of hydrogen-bond donors (Lipinski definition) is 2. The Bertz CT molecular complexity index is 473. The molecule has 1 atom stereocenters. The summed E-state index contributed by atoms with van der Waals surface area (Å²) in [6.07, 6.45) is 3.10. The van der Waals surface area contributed by atoms with Gasteiger partial charge in [0.25, 0.3) is 5.91 Å². The van der Waals surface area contributed by atoms with Crippen molar-refractivity contribution in [2.24, 2.45) is 5.92 Å². The lowest BCUT2D eigenvalue weighted by atomic mass is 10.0. The van der Waals surface area contributed by atoms with Crippen LogP contribution in [0.2, 0.25) is 0 Å². The molecule has 0 spiro atoms. The molecule has 1 aromatic heterocycles. The summed E-state index contributed by atoms with van der Waals surface area (Å²) in [5.41, 5.74) is 6.43. The van der Waals surface area contributed by atoms with Crippen LogP contribution in [-0.4, -0.2) is 40.0 Å². The van der Waals surface area contributed by atoms with Crippen LogP contribution < -0.4 is 5.73 Å². The molecule has 0 aliphatic carbocycles. The molecular formula is C13H17N3O3. The Morgan fingerprint density at radius 3 is 2.89 bits per heavy atom. The minimum absolute atomic E-state index is 0.113. The van der Waals surface area contributed by atoms with Gasteiger partial charge in [0.1, 0.15) is 5.69 Å². The van der Waals surface area contributed by atoms with Gasteiger partial charge in [-0.25, -0.2) is 4.98 Å². The molecule has 1 unspecified atom stereocenters. The Balaban J connectivity index is 1.91. The number of carboxylic acid groups (broad SMARTS) is 1. The van der Waals surface area contributed by atoms with E-state index in [9.17, 15) is 9.59 Å². The number of nitrogen functional groups attached to an aromatic ring is 1. The Morgan fingerprint density at radius 1 is 1.47 bits per heavy atom. The van der Waals surface area contributed by atoms with Crippen molar-refractivity contribution in [3.05, 3.63) is 24.0 Å². The van der Waals surface area contributed by atoms with E-state index in [4.69, 9.17) is 10.8 Å². The second kappa shape index (κ2) is 5.69. The third kappa shape index (κ3) is 3.43. The number of likely N-dealkylation sites (tertiary alicyclic amines) is 1. The molecule has 0 radical (unpaired) electrons. The van der Waals surface area contributed by atoms with Crippen LogP contribution in [0.25, 0.3) is 0 Å². The van der Waals surface area contributed by atoms with Gasteiger partial charge in [0.05, 0.1) is 11.9 Å². The van der Waals surface area contributed by atoms with Gasteiger partial charge in [0.15, 0.2) is 0 Å². The molecule has 1 aliphatic rings. The predicted octanol–water partition coefficient (Wildman–Crippen LogP) is 0.991. The fraction of sp³-hybridized carbons (Fsp3) is 0.462. The largest absolute Gasteiger partial charge is 0.481 e. The van der Waals surface area contributed by atoms with Crippen LogP contribution in [0, 0.1) is 5.92 Å². The van der Waals surface area contributed by atoms with E-state index in [1.807, 2.05) is 0 Å². The van der Waals surface area contributed by atoms with E-state index in [0.29, 0.717) is 30.9 Å². The van der Waals surface area contributed by atoms with Crippen LogP contribution in [-0.2, 0) is 4.79 Å². The van der Waals surface area contributed by atoms with Gasteiger partial charge in [-0.15, -0.1) is 0 Å². The van der Waals surface area contributed by atoms with Crippen LogP contribution >= 0.6 is 0 Å². The van der Waals surface area contributed by atoms with E-state index in [-0.39, 0.29) is 18.2 Å². The van der Waals surface area contributed by atoms with Crippen LogP contribution in [0.15, 0.2) is 18.3 Å². The number of hydrogen-bond acceptors (Lipinski definition) is 4. The van der Waals surface area contributed by atoms with E-state index < -0.39 is 5.97 Å². The lowest BCUT2D eigenvalue weighted by Crippen LogP contribution is -2.29. The average molecular weight is 263 g/mol. The molecule has 0 aromatic carbocycles. The molecule has 1 amide bonds. The molecule has 0 bridgehead atoms. The fourth-order valence-electron chi connectivity index (χ4n) is 2.27. The second-order valence-electron chi connectivity index (χ2n) is 4.82. The number of carbonyl (C=O) groups excluding carboxylic acids is 1. The average Bonchev–Trinajstić information content (AvgIpc) is 2.85. The normalized spacial score (nSPS) is 18.5. The fourth-order valence-corrected chi connectivity index (χ4v) is 2.27. The van der Waals surface area contributed by atoms with Crippen molar-refractivity contribution >= 4 is 17.6 Å². The third-order valence-corrected chi connectivity index (χ3v) is 3.34. The van der Waals surface area contributed by atoms with E-state index in [2.05, 4.69) is 4.98 Å². The summed E-state index contributed by atoms with van der Waals surface area (Å²) in [6.45, 7) is 1.27. The summed E-state index contributed by atoms with van der Waals surface area (Å²) in [6, 6.07) is 3.26. The number of carbonyl (C=O) groups is 2. The number of aliphatic carboxylic acids is 1. The summed E-state index contributed by atoms with van der Waals surface area (Å²) in [4.78, 5) is 28.4. The molecule has 3 N–H and O–H groups in total. The monoisotopic (exact) mass is 263 g/mol. The molecule has 1 aliphatic heterocycles. The second-order valence-corrected chi connectivity index (χ2v) is 4.82. The van der Waals surface area contributed by atoms with E-state index in [1.54, 1.807) is 17.0 Å². The highest BCUT2D eigenvalue weighted by Gasteiger charge is 2.27. The first kappa shape index (κ1) is 13.3. The molecule has 102 valence electrons. The maximum atomic E-state index is 12.1. The molecule has 6 heteroatoms. The molecule has 19 heavy (non-hydrogen) atoms. The van der Waals surface area contributed by atoms with Crippen molar-refractivity contribution in [3.63, 3.8) is 0 Å². The summed E-state index contributed by atoms with van der Waals surface area (Å²) in [5.74, 6) is -0.628. The van der Waals surface area contributed by atoms with E-state index in [1.165, 1.54) is 6.20 Å². The Hall–Kier alpha value is -2.11. The lowest BCUT2D eigenvalue weighted by molar-refractivity contribution is -0.137. The first-order valence-corrected chi connectivity index (χ1v) is 6.29. The van der Waals surface area contributed by atoms with Crippen molar-refractivity contribution in [1.29, 1.82) is 0 Å². The van der Waals surface area contributed by atoms with Crippen molar-refractivity contribution in [1.82, 2.24) is 9.88 Å². The SMILES string of the molecule is Nc1ccc(C(=O)N2CCC(CCC(=O)O)C2)nc1. The lowest BCUT2D eigenvalue weighted by Gasteiger charge is -2.15. The van der Waals surface area contributed by atoms with Crippen molar-refractivity contribution in [3.8, 4) is 0 Å². The number of pyridine rings is 1. The molecule has 1 saturated heterocycles. The van der Waals surface area contributed by atoms with Crippen molar-refractivity contribution in [2.45, 2.75) is 19.3 Å². The minimum atomic E-state index is -0.787.